The predicted molar refractivity (Wildman–Crippen MR) is 118 cm³/mol. The van der Waals surface area contributed by atoms with Crippen LogP contribution >= 0.6 is 11.6 Å². The molecular formula is C24H18ClN3O2. The van der Waals surface area contributed by atoms with Gasteiger partial charge < -0.3 is 9.88 Å². The monoisotopic (exact) mass is 415 g/mol. The van der Waals surface area contributed by atoms with Crippen LogP contribution in [0.15, 0.2) is 85.2 Å². The van der Waals surface area contributed by atoms with Crippen LogP contribution in [0.4, 0.5) is 5.69 Å². The summed E-state index contributed by atoms with van der Waals surface area (Å²) in [7, 11) is 0. The molecule has 0 saturated heterocycles. The van der Waals surface area contributed by atoms with Crippen molar-refractivity contribution < 1.29 is 9.59 Å². The lowest BCUT2D eigenvalue weighted by molar-refractivity contribution is -0.112. The van der Waals surface area contributed by atoms with E-state index in [1.165, 1.54) is 0 Å². The summed E-state index contributed by atoms with van der Waals surface area (Å²) in [5, 5.41) is 3.25. The second-order valence-electron chi connectivity index (χ2n) is 6.73. The first-order valence-corrected chi connectivity index (χ1v) is 9.72. The Bertz CT molecular complexity index is 1200. The summed E-state index contributed by atoms with van der Waals surface area (Å²) in [6, 6.07) is 22.1. The van der Waals surface area contributed by atoms with E-state index < -0.39 is 11.7 Å². The van der Waals surface area contributed by atoms with E-state index in [0.717, 1.165) is 16.9 Å². The van der Waals surface area contributed by atoms with Gasteiger partial charge in [-0.05, 0) is 55.0 Å². The highest BCUT2D eigenvalue weighted by Gasteiger charge is 2.24. The molecular weight excluding hydrogens is 398 g/mol. The van der Waals surface area contributed by atoms with E-state index in [9.17, 15) is 9.59 Å². The molecule has 0 saturated carbocycles. The molecule has 2 aromatic carbocycles. The zero-order chi connectivity index (χ0) is 21.1. The Kier molecular flexibility index (Phi) is 5.46. The molecule has 148 valence electrons. The number of carbonyl (C=O) groups excluding carboxylic acids is 2. The molecule has 0 aliphatic carbocycles. The molecule has 4 aromatic rings. The second kappa shape index (κ2) is 8.35. The second-order valence-corrected chi connectivity index (χ2v) is 7.16. The van der Waals surface area contributed by atoms with Gasteiger partial charge in [0, 0.05) is 40.0 Å². The molecule has 0 bridgehead atoms. The molecule has 4 rings (SSSR count). The molecule has 0 fully saturated rings. The van der Waals surface area contributed by atoms with E-state index in [4.69, 9.17) is 11.6 Å². The minimum atomic E-state index is -0.697. The zero-order valence-corrected chi connectivity index (χ0v) is 16.9. The van der Waals surface area contributed by atoms with Crippen LogP contribution in [0.5, 0.6) is 0 Å². The van der Waals surface area contributed by atoms with Crippen LogP contribution in [0.25, 0.3) is 16.9 Å². The molecule has 5 nitrogen and oxygen atoms in total. The standard InChI is InChI=1S/C24H18ClN3O2/c1-16-21(23(29)24(30)27-19-11-13-26-14-12-19)15-22(17-5-3-2-4-6-17)28(16)20-9-7-18(25)8-10-20/h2-15H,1H3,(H,26,27,30). The fraction of sp³-hybridized carbons (Fsp3) is 0.0417. The predicted octanol–water partition coefficient (Wildman–Crippen LogP) is 5.32. The van der Waals surface area contributed by atoms with Crippen LogP contribution in [-0.4, -0.2) is 21.2 Å². The lowest BCUT2D eigenvalue weighted by Crippen LogP contribution is -2.23. The van der Waals surface area contributed by atoms with Crippen molar-refractivity contribution in [2.24, 2.45) is 0 Å². The summed E-state index contributed by atoms with van der Waals surface area (Å²) < 4.78 is 1.96. The van der Waals surface area contributed by atoms with E-state index in [-0.39, 0.29) is 0 Å². The third kappa shape index (κ3) is 3.88. The van der Waals surface area contributed by atoms with Crippen LogP contribution < -0.4 is 5.32 Å². The molecule has 1 amide bonds. The van der Waals surface area contributed by atoms with Crippen molar-refractivity contribution in [2.45, 2.75) is 6.92 Å². The van der Waals surface area contributed by atoms with Crippen LogP contribution in [0.2, 0.25) is 5.02 Å². The topological polar surface area (TPSA) is 64.0 Å². The number of Topliss-reactive ketones (excluding diaryl/α,β-unsaturated/α-hetero) is 1. The normalized spacial score (nSPS) is 10.6. The highest BCUT2D eigenvalue weighted by Crippen LogP contribution is 2.30. The van der Waals surface area contributed by atoms with Crippen molar-refractivity contribution in [1.82, 2.24) is 9.55 Å². The summed E-state index contributed by atoms with van der Waals surface area (Å²) in [5.41, 5.74) is 4.13. The number of nitrogens with one attached hydrogen (secondary N) is 1. The van der Waals surface area contributed by atoms with Crippen molar-refractivity contribution in [1.29, 1.82) is 0 Å². The Labute approximate surface area is 179 Å². The van der Waals surface area contributed by atoms with Gasteiger partial charge in [-0.15, -0.1) is 0 Å². The van der Waals surface area contributed by atoms with E-state index in [1.807, 2.05) is 54.0 Å². The molecule has 30 heavy (non-hydrogen) atoms. The van der Waals surface area contributed by atoms with Gasteiger partial charge in [0.2, 0.25) is 0 Å². The summed E-state index contributed by atoms with van der Waals surface area (Å²) in [6.07, 6.45) is 3.10. The van der Waals surface area contributed by atoms with Crippen LogP contribution in [0, 0.1) is 6.92 Å². The molecule has 0 aliphatic heterocycles. The van der Waals surface area contributed by atoms with Gasteiger partial charge in [-0.1, -0.05) is 41.9 Å². The van der Waals surface area contributed by atoms with Crippen molar-refractivity contribution in [3.63, 3.8) is 0 Å². The lowest BCUT2D eigenvalue weighted by atomic mass is 10.1. The maximum Gasteiger partial charge on any atom is 0.296 e. The van der Waals surface area contributed by atoms with Gasteiger partial charge in [0.1, 0.15) is 0 Å². The Morgan fingerprint density at radius 3 is 2.27 bits per heavy atom. The highest BCUT2D eigenvalue weighted by molar-refractivity contribution is 6.47. The van der Waals surface area contributed by atoms with Gasteiger partial charge in [-0.2, -0.15) is 0 Å². The van der Waals surface area contributed by atoms with Gasteiger partial charge in [-0.25, -0.2) is 0 Å². The summed E-state index contributed by atoms with van der Waals surface area (Å²) in [5.74, 6) is -1.30. The van der Waals surface area contributed by atoms with Gasteiger partial charge in [0.05, 0.1) is 5.69 Å². The number of aromatic nitrogens is 2. The van der Waals surface area contributed by atoms with Crippen LogP contribution in [0.1, 0.15) is 16.1 Å². The number of carbonyl (C=O) groups is 2. The smallest absolute Gasteiger partial charge is 0.296 e. The first kappa shape index (κ1) is 19.6. The number of hydrogen-bond acceptors (Lipinski definition) is 3. The first-order valence-electron chi connectivity index (χ1n) is 9.34. The molecule has 1 N–H and O–H groups in total. The third-order valence-corrected chi connectivity index (χ3v) is 5.04. The van der Waals surface area contributed by atoms with Crippen LogP contribution in [-0.2, 0) is 4.79 Å². The number of anilines is 1. The Hall–Kier alpha value is -3.70. The number of amides is 1. The Balaban J connectivity index is 1.78. The molecule has 0 unspecified atom stereocenters. The zero-order valence-electron chi connectivity index (χ0n) is 16.2. The first-order chi connectivity index (χ1) is 14.5. The third-order valence-electron chi connectivity index (χ3n) is 4.79. The number of hydrogen-bond donors (Lipinski definition) is 1. The molecule has 0 radical (unpaired) electrons. The molecule has 2 heterocycles. The maximum atomic E-state index is 13.0. The van der Waals surface area contributed by atoms with Crippen molar-refractivity contribution in [3.8, 4) is 16.9 Å². The van der Waals surface area contributed by atoms with Gasteiger partial charge in [0.25, 0.3) is 11.7 Å². The van der Waals surface area contributed by atoms with Gasteiger partial charge >= 0.3 is 0 Å². The molecule has 2 aromatic heterocycles. The fourth-order valence-electron chi connectivity index (χ4n) is 3.33. The number of rotatable bonds is 5. The van der Waals surface area contributed by atoms with E-state index >= 15 is 0 Å². The van der Waals surface area contributed by atoms with E-state index in [1.54, 1.807) is 42.7 Å². The number of ketones is 1. The SMILES string of the molecule is Cc1c(C(=O)C(=O)Nc2ccncc2)cc(-c2ccccc2)n1-c1ccc(Cl)cc1. The summed E-state index contributed by atoms with van der Waals surface area (Å²) in [4.78, 5) is 29.5. The number of nitrogens with zero attached hydrogens (tertiary/aromatic N) is 2. The molecule has 0 atom stereocenters. The quantitative estimate of drug-likeness (QED) is 0.354. The molecule has 6 heteroatoms. The summed E-state index contributed by atoms with van der Waals surface area (Å²) >= 11 is 6.05. The van der Waals surface area contributed by atoms with Crippen molar-refractivity contribution in [3.05, 3.63) is 101 Å². The number of pyridine rings is 1. The summed E-state index contributed by atoms with van der Waals surface area (Å²) in [6.45, 7) is 1.83. The Morgan fingerprint density at radius 1 is 0.933 bits per heavy atom. The highest BCUT2D eigenvalue weighted by atomic mass is 35.5. The van der Waals surface area contributed by atoms with Gasteiger partial charge in [-0.3, -0.25) is 14.6 Å². The average Bonchev–Trinajstić information content (AvgIpc) is 3.12. The fourth-order valence-corrected chi connectivity index (χ4v) is 3.45. The van der Waals surface area contributed by atoms with Gasteiger partial charge in [0.15, 0.2) is 0 Å². The minimum absolute atomic E-state index is 0.343. The number of benzene rings is 2. The lowest BCUT2D eigenvalue weighted by Gasteiger charge is -2.12. The minimum Gasteiger partial charge on any atom is -0.319 e. The van der Waals surface area contributed by atoms with E-state index in [2.05, 4.69) is 10.3 Å². The maximum absolute atomic E-state index is 13.0. The number of halogens is 1. The Morgan fingerprint density at radius 2 is 1.60 bits per heavy atom. The molecule has 0 spiro atoms. The van der Waals surface area contributed by atoms with Crippen molar-refractivity contribution in [2.75, 3.05) is 5.32 Å². The molecule has 0 aliphatic rings. The average molecular weight is 416 g/mol. The van der Waals surface area contributed by atoms with Crippen LogP contribution in [0.3, 0.4) is 0 Å². The largest absolute Gasteiger partial charge is 0.319 e. The van der Waals surface area contributed by atoms with Crippen molar-refractivity contribution >= 4 is 29.0 Å². The van der Waals surface area contributed by atoms with E-state index in [0.29, 0.717) is 22.0 Å².